The summed E-state index contributed by atoms with van der Waals surface area (Å²) in [5, 5.41) is 2.84. The second-order valence-electron chi connectivity index (χ2n) is 7.91. The summed E-state index contributed by atoms with van der Waals surface area (Å²) in [5.74, 6) is -2.57. The van der Waals surface area contributed by atoms with Gasteiger partial charge in [-0.05, 0) is 62.4 Å². The lowest BCUT2D eigenvalue weighted by Crippen LogP contribution is -2.33. The van der Waals surface area contributed by atoms with Crippen molar-refractivity contribution in [3.05, 3.63) is 58.9 Å². The average Bonchev–Trinajstić information content (AvgIpc) is 2.91. The number of hydrogen-bond donors (Lipinski definition) is 1. The Morgan fingerprint density at radius 3 is 2.57 bits per heavy atom. The van der Waals surface area contributed by atoms with Gasteiger partial charge in [-0.3, -0.25) is 9.78 Å². The van der Waals surface area contributed by atoms with Crippen molar-refractivity contribution in [1.29, 1.82) is 0 Å². The fraction of sp³-hybridized carbons (Fsp3) is 0.455. The number of aromatic nitrogens is 1. The summed E-state index contributed by atoms with van der Waals surface area (Å²) in [4.78, 5) is 17.3. The van der Waals surface area contributed by atoms with Crippen molar-refractivity contribution >= 4 is 11.6 Å². The van der Waals surface area contributed by atoms with Crippen LogP contribution < -0.4 is 5.32 Å². The number of rotatable bonds is 4. The van der Waals surface area contributed by atoms with Gasteiger partial charge in [-0.15, -0.1) is 0 Å². The average molecular weight is 388 g/mol. The van der Waals surface area contributed by atoms with E-state index in [2.05, 4.69) is 10.3 Å². The van der Waals surface area contributed by atoms with E-state index in [1.807, 2.05) is 33.8 Å². The van der Waals surface area contributed by atoms with Gasteiger partial charge in [0.25, 0.3) is 5.91 Å². The molecule has 2 heterocycles. The monoisotopic (exact) mass is 388 g/mol. The summed E-state index contributed by atoms with van der Waals surface area (Å²) < 4.78 is 33.9. The topological polar surface area (TPSA) is 51.2 Å². The summed E-state index contributed by atoms with van der Waals surface area (Å²) >= 11 is 0. The molecule has 0 unspecified atom stereocenters. The molecule has 0 radical (unpaired) electrons. The first-order chi connectivity index (χ1) is 13.2. The van der Waals surface area contributed by atoms with Gasteiger partial charge in [-0.25, -0.2) is 8.78 Å². The second kappa shape index (κ2) is 7.59. The van der Waals surface area contributed by atoms with Crippen molar-refractivity contribution in [3.8, 4) is 0 Å². The van der Waals surface area contributed by atoms with Crippen LogP contribution in [0, 0.1) is 24.5 Å². The highest BCUT2D eigenvalue weighted by molar-refractivity contribution is 5.95. The highest BCUT2D eigenvalue weighted by Gasteiger charge is 2.51. The summed E-state index contributed by atoms with van der Waals surface area (Å²) in [6.45, 7) is 9.32. The Morgan fingerprint density at radius 2 is 1.96 bits per heavy atom. The van der Waals surface area contributed by atoms with Crippen LogP contribution in [0.5, 0.6) is 0 Å². The number of hydrogen-bond acceptors (Lipinski definition) is 3. The molecule has 3 rings (SSSR count). The van der Waals surface area contributed by atoms with Crippen LogP contribution >= 0.6 is 0 Å². The second-order valence-corrected chi connectivity index (χ2v) is 7.91. The summed E-state index contributed by atoms with van der Waals surface area (Å²) in [6, 6.07) is 6.31. The third-order valence-electron chi connectivity index (χ3n) is 5.85. The Kier molecular flexibility index (Phi) is 5.53. The van der Waals surface area contributed by atoms with Crippen molar-refractivity contribution in [3.63, 3.8) is 0 Å². The maximum absolute atomic E-state index is 14.2. The molecule has 0 aliphatic carbocycles. The predicted molar refractivity (Wildman–Crippen MR) is 104 cm³/mol. The Labute approximate surface area is 164 Å². The first-order valence-electron chi connectivity index (χ1n) is 9.53. The van der Waals surface area contributed by atoms with E-state index in [1.54, 1.807) is 18.3 Å². The van der Waals surface area contributed by atoms with Crippen molar-refractivity contribution in [1.82, 2.24) is 4.98 Å². The van der Waals surface area contributed by atoms with Crippen LogP contribution in [0.4, 0.5) is 14.5 Å². The summed E-state index contributed by atoms with van der Waals surface area (Å²) in [5.41, 5.74) is 1.72. The number of aryl methyl sites for hydroxylation is 1. The molecule has 1 saturated heterocycles. The van der Waals surface area contributed by atoms with Crippen molar-refractivity contribution in [2.45, 2.75) is 58.7 Å². The predicted octanol–water partition coefficient (Wildman–Crippen LogP) is 4.77. The smallest absolute Gasteiger partial charge is 0.254 e. The van der Waals surface area contributed by atoms with Gasteiger partial charge in [-0.2, -0.15) is 0 Å². The fourth-order valence-corrected chi connectivity index (χ4v) is 3.80. The number of benzene rings is 1. The molecule has 150 valence electrons. The van der Waals surface area contributed by atoms with E-state index in [-0.39, 0.29) is 17.4 Å². The van der Waals surface area contributed by atoms with Gasteiger partial charge in [-0.1, -0.05) is 19.9 Å². The van der Waals surface area contributed by atoms with E-state index >= 15 is 0 Å². The molecule has 1 aliphatic rings. The number of carbonyl (C=O) groups is 1. The van der Waals surface area contributed by atoms with Crippen LogP contribution in [0.2, 0.25) is 0 Å². The van der Waals surface area contributed by atoms with Gasteiger partial charge in [0.15, 0.2) is 11.6 Å². The number of carbonyl (C=O) groups excluding carboxylic acids is 1. The number of pyridine rings is 1. The first-order valence-corrected chi connectivity index (χ1v) is 9.53. The molecule has 0 spiro atoms. The lowest BCUT2D eigenvalue weighted by atomic mass is 9.77. The van der Waals surface area contributed by atoms with E-state index in [0.29, 0.717) is 11.3 Å². The Bertz CT molecular complexity index is 881. The molecule has 4 nitrogen and oxygen atoms in total. The SMILES string of the molecule is CCc1ccc(NC(=O)[C@@H]2OC(C)(C)[C@H](C)[C@H]2c2ccc(F)c(F)c2C)cn1. The summed E-state index contributed by atoms with van der Waals surface area (Å²) in [6.07, 6.45) is 1.60. The molecule has 28 heavy (non-hydrogen) atoms. The molecular formula is C22H26F2N2O2. The molecule has 1 amide bonds. The molecule has 1 aromatic carbocycles. The highest BCUT2D eigenvalue weighted by Crippen LogP contribution is 2.47. The number of nitrogens with one attached hydrogen (secondary N) is 1. The van der Waals surface area contributed by atoms with Crippen molar-refractivity contribution in [2.75, 3.05) is 5.32 Å². The van der Waals surface area contributed by atoms with Crippen LogP contribution in [-0.2, 0) is 16.0 Å². The lowest BCUT2D eigenvalue weighted by molar-refractivity contribution is -0.131. The Hall–Kier alpha value is -2.34. The fourth-order valence-electron chi connectivity index (χ4n) is 3.80. The molecule has 0 saturated carbocycles. The van der Waals surface area contributed by atoms with E-state index in [9.17, 15) is 13.6 Å². The maximum atomic E-state index is 14.2. The van der Waals surface area contributed by atoms with Gasteiger partial charge in [0.05, 0.1) is 17.5 Å². The standard InChI is InChI=1S/C22H26F2N2O2/c1-6-14-7-8-15(11-25-14)26-21(27)20-18(13(3)22(4,5)28-20)16-9-10-17(23)19(24)12(16)2/h7-11,13,18,20H,6H2,1-5H3,(H,26,27)/t13-,18+,20-/m1/s1. The van der Waals surface area contributed by atoms with E-state index < -0.39 is 29.3 Å². The van der Waals surface area contributed by atoms with Gasteiger partial charge in [0.2, 0.25) is 0 Å². The summed E-state index contributed by atoms with van der Waals surface area (Å²) in [7, 11) is 0. The van der Waals surface area contributed by atoms with E-state index in [0.717, 1.165) is 18.2 Å². The van der Waals surface area contributed by atoms with Crippen LogP contribution in [0.1, 0.15) is 50.4 Å². The third kappa shape index (κ3) is 3.65. The number of anilines is 1. The zero-order valence-corrected chi connectivity index (χ0v) is 16.8. The minimum atomic E-state index is -0.893. The molecule has 1 aromatic heterocycles. The minimum absolute atomic E-state index is 0.0765. The van der Waals surface area contributed by atoms with Gasteiger partial charge in [0, 0.05) is 11.6 Å². The zero-order valence-electron chi connectivity index (χ0n) is 16.8. The molecular weight excluding hydrogens is 362 g/mol. The largest absolute Gasteiger partial charge is 0.362 e. The molecule has 6 heteroatoms. The molecule has 1 aliphatic heterocycles. The number of halogens is 2. The van der Waals surface area contributed by atoms with E-state index in [1.165, 1.54) is 6.92 Å². The van der Waals surface area contributed by atoms with Crippen LogP contribution in [-0.4, -0.2) is 22.6 Å². The highest BCUT2D eigenvalue weighted by atomic mass is 19.2. The van der Waals surface area contributed by atoms with Gasteiger partial charge >= 0.3 is 0 Å². The number of amides is 1. The first kappa shape index (κ1) is 20.4. The number of nitrogens with zero attached hydrogens (tertiary/aromatic N) is 1. The van der Waals surface area contributed by atoms with Crippen LogP contribution in [0.25, 0.3) is 0 Å². The quantitative estimate of drug-likeness (QED) is 0.821. The van der Waals surface area contributed by atoms with Crippen molar-refractivity contribution in [2.24, 2.45) is 5.92 Å². The normalized spacial score (nSPS) is 23.6. The minimum Gasteiger partial charge on any atom is -0.362 e. The van der Waals surface area contributed by atoms with Crippen LogP contribution in [0.15, 0.2) is 30.5 Å². The lowest BCUT2D eigenvalue weighted by Gasteiger charge is -2.25. The van der Waals surface area contributed by atoms with Crippen molar-refractivity contribution < 1.29 is 18.3 Å². The van der Waals surface area contributed by atoms with Gasteiger partial charge < -0.3 is 10.1 Å². The zero-order chi connectivity index (χ0) is 20.6. The maximum Gasteiger partial charge on any atom is 0.254 e. The third-order valence-corrected chi connectivity index (χ3v) is 5.85. The molecule has 1 N–H and O–H groups in total. The number of ether oxygens (including phenoxy) is 1. The van der Waals surface area contributed by atoms with E-state index in [4.69, 9.17) is 4.74 Å². The Balaban J connectivity index is 1.93. The van der Waals surface area contributed by atoms with Gasteiger partial charge in [0.1, 0.15) is 6.10 Å². The Morgan fingerprint density at radius 1 is 1.25 bits per heavy atom. The van der Waals surface area contributed by atoms with Crippen LogP contribution in [0.3, 0.4) is 0 Å². The molecule has 2 aromatic rings. The molecule has 1 fully saturated rings. The molecule has 0 bridgehead atoms. The molecule has 3 atom stereocenters.